The van der Waals surface area contributed by atoms with E-state index in [1.54, 1.807) is 0 Å². The Balaban J connectivity index is 2.87. The summed E-state index contributed by atoms with van der Waals surface area (Å²) in [5.74, 6) is -0.0644. The molecular weight excluding hydrogens is 264 g/mol. The van der Waals surface area contributed by atoms with Gasteiger partial charge < -0.3 is 10.4 Å². The maximum Gasteiger partial charge on any atom is 0.323 e. The molecule has 1 aliphatic rings. The molecule has 0 aromatic rings. The number of carboxylic acid groups (broad SMARTS) is 1. The number of carboxylic acids is 1. The lowest BCUT2D eigenvalue weighted by Gasteiger charge is -2.38. The monoisotopic (exact) mass is 298 g/mol. The first-order valence-electron chi connectivity index (χ1n) is 8.64. The highest BCUT2D eigenvalue weighted by Gasteiger charge is 2.47. The summed E-state index contributed by atoms with van der Waals surface area (Å²) in [5, 5.41) is 12.9. The van der Waals surface area contributed by atoms with Crippen molar-refractivity contribution in [3.63, 3.8) is 0 Å². The van der Waals surface area contributed by atoms with Crippen molar-refractivity contribution < 1.29 is 9.90 Å². The van der Waals surface area contributed by atoms with Crippen LogP contribution in [0.2, 0.25) is 0 Å². The number of hydrogen-bond donors (Lipinski definition) is 2. The van der Waals surface area contributed by atoms with Gasteiger partial charge in [0.25, 0.3) is 0 Å². The third-order valence-corrected chi connectivity index (χ3v) is 4.87. The topological polar surface area (TPSA) is 52.6 Å². The van der Waals surface area contributed by atoms with Gasteiger partial charge in [0.1, 0.15) is 5.54 Å². The summed E-state index contributed by atoms with van der Waals surface area (Å²) in [6.07, 6.45) is 4.75. The molecule has 2 unspecified atom stereocenters. The maximum atomic E-state index is 11.7. The number of rotatable bonds is 9. The Morgan fingerprint density at radius 3 is 2.38 bits per heavy atom. The molecular formula is C17H34N2O2. The van der Waals surface area contributed by atoms with Gasteiger partial charge in [0.15, 0.2) is 0 Å². The molecule has 1 aliphatic carbocycles. The normalized spacial score (nSPS) is 26.2. The lowest BCUT2D eigenvalue weighted by atomic mass is 9.96. The average molecular weight is 298 g/mol. The summed E-state index contributed by atoms with van der Waals surface area (Å²) >= 11 is 0. The fourth-order valence-electron chi connectivity index (χ4n) is 3.85. The van der Waals surface area contributed by atoms with Crippen molar-refractivity contribution in [1.82, 2.24) is 10.2 Å². The van der Waals surface area contributed by atoms with Crippen molar-refractivity contribution in [2.24, 2.45) is 5.92 Å². The molecule has 1 saturated carbocycles. The maximum absolute atomic E-state index is 11.7. The molecule has 4 heteroatoms. The van der Waals surface area contributed by atoms with Gasteiger partial charge >= 0.3 is 5.97 Å². The lowest BCUT2D eigenvalue weighted by molar-refractivity contribution is -0.144. The number of likely N-dealkylation sites (N-methyl/N-ethyl adjacent to an activating group) is 1. The highest BCUT2D eigenvalue weighted by atomic mass is 16.4. The van der Waals surface area contributed by atoms with Crippen LogP contribution in [0, 0.1) is 5.92 Å². The van der Waals surface area contributed by atoms with E-state index in [0.29, 0.717) is 24.5 Å². The van der Waals surface area contributed by atoms with Gasteiger partial charge in [0, 0.05) is 18.6 Å². The molecule has 1 rings (SSSR count). The van der Waals surface area contributed by atoms with Gasteiger partial charge in [-0.05, 0) is 44.6 Å². The molecule has 0 heterocycles. The number of nitrogens with one attached hydrogen (secondary N) is 1. The number of hydrogen-bond acceptors (Lipinski definition) is 3. The van der Waals surface area contributed by atoms with E-state index in [9.17, 15) is 9.90 Å². The number of nitrogens with zero attached hydrogens (tertiary/aromatic N) is 1. The predicted octanol–water partition coefficient (Wildman–Crippen LogP) is 3.12. The quantitative estimate of drug-likeness (QED) is 0.687. The fourth-order valence-corrected chi connectivity index (χ4v) is 3.85. The van der Waals surface area contributed by atoms with E-state index in [0.717, 1.165) is 38.6 Å². The zero-order valence-electron chi connectivity index (χ0n) is 14.5. The van der Waals surface area contributed by atoms with Crippen molar-refractivity contribution in [2.75, 3.05) is 13.1 Å². The molecule has 2 N–H and O–H groups in total. The van der Waals surface area contributed by atoms with Crippen LogP contribution in [0.25, 0.3) is 0 Å². The highest BCUT2D eigenvalue weighted by molar-refractivity contribution is 5.79. The zero-order chi connectivity index (χ0) is 16.0. The summed E-state index contributed by atoms with van der Waals surface area (Å²) in [6, 6.07) is 0.969. The second-order valence-corrected chi connectivity index (χ2v) is 6.88. The molecule has 0 amide bonds. The minimum atomic E-state index is -0.708. The number of carbonyl (C=O) groups is 1. The fraction of sp³-hybridized carbons (Fsp3) is 0.941. The SMILES string of the molecule is CCNC1(C(=O)O)CCC(N(CC(C)C)C(CC)CC)C1. The van der Waals surface area contributed by atoms with Crippen LogP contribution in [0.3, 0.4) is 0 Å². The molecule has 0 spiro atoms. The molecule has 0 aliphatic heterocycles. The molecule has 0 bridgehead atoms. The third-order valence-electron chi connectivity index (χ3n) is 4.87. The van der Waals surface area contributed by atoms with Crippen molar-refractivity contribution in [3.05, 3.63) is 0 Å². The smallest absolute Gasteiger partial charge is 0.323 e. The molecule has 124 valence electrons. The predicted molar refractivity (Wildman–Crippen MR) is 87.6 cm³/mol. The van der Waals surface area contributed by atoms with Gasteiger partial charge in [-0.3, -0.25) is 9.69 Å². The first-order valence-corrected chi connectivity index (χ1v) is 8.64. The summed E-state index contributed by atoms with van der Waals surface area (Å²) < 4.78 is 0. The Labute approximate surface area is 130 Å². The van der Waals surface area contributed by atoms with E-state index >= 15 is 0 Å². The van der Waals surface area contributed by atoms with Crippen LogP contribution in [0.4, 0.5) is 0 Å². The highest BCUT2D eigenvalue weighted by Crippen LogP contribution is 2.35. The molecule has 0 aromatic heterocycles. The van der Waals surface area contributed by atoms with Gasteiger partial charge in [0.2, 0.25) is 0 Å². The Hall–Kier alpha value is -0.610. The summed E-state index contributed by atoms with van der Waals surface area (Å²) in [5.41, 5.74) is -0.708. The Morgan fingerprint density at radius 2 is 1.95 bits per heavy atom. The standard InChI is InChI=1S/C17H34N2O2/c1-6-14(7-2)19(12-13(4)5)15-9-10-17(11-15,16(20)21)18-8-3/h13-15,18H,6-12H2,1-5H3,(H,20,21). The second kappa shape index (κ2) is 8.14. The van der Waals surface area contributed by atoms with Crippen LogP contribution in [0.15, 0.2) is 0 Å². The van der Waals surface area contributed by atoms with Gasteiger partial charge in [-0.25, -0.2) is 0 Å². The van der Waals surface area contributed by atoms with E-state index in [4.69, 9.17) is 0 Å². The van der Waals surface area contributed by atoms with E-state index in [1.165, 1.54) is 0 Å². The minimum Gasteiger partial charge on any atom is -0.480 e. The summed E-state index contributed by atoms with van der Waals surface area (Å²) in [7, 11) is 0. The third kappa shape index (κ3) is 4.43. The second-order valence-electron chi connectivity index (χ2n) is 6.88. The van der Waals surface area contributed by atoms with Crippen LogP contribution in [0.5, 0.6) is 0 Å². The largest absolute Gasteiger partial charge is 0.480 e. The summed E-state index contributed by atoms with van der Waals surface area (Å²) in [6.45, 7) is 12.8. The minimum absolute atomic E-state index is 0.396. The molecule has 0 saturated heterocycles. The van der Waals surface area contributed by atoms with Gasteiger partial charge in [-0.15, -0.1) is 0 Å². The zero-order valence-corrected chi connectivity index (χ0v) is 14.5. The van der Waals surface area contributed by atoms with Crippen LogP contribution < -0.4 is 5.32 Å². The van der Waals surface area contributed by atoms with Crippen LogP contribution in [0.1, 0.15) is 66.7 Å². The molecule has 2 atom stereocenters. The van der Waals surface area contributed by atoms with Crippen LogP contribution in [-0.2, 0) is 4.79 Å². The molecule has 0 radical (unpaired) electrons. The van der Waals surface area contributed by atoms with E-state index < -0.39 is 11.5 Å². The van der Waals surface area contributed by atoms with Crippen molar-refractivity contribution in [3.8, 4) is 0 Å². The number of aliphatic carboxylic acids is 1. The van der Waals surface area contributed by atoms with E-state index in [1.807, 2.05) is 6.92 Å². The summed E-state index contributed by atoms with van der Waals surface area (Å²) in [4.78, 5) is 14.3. The van der Waals surface area contributed by atoms with E-state index in [2.05, 4.69) is 37.9 Å². The van der Waals surface area contributed by atoms with Gasteiger partial charge in [0.05, 0.1) is 0 Å². The Kier molecular flexibility index (Phi) is 7.14. The Morgan fingerprint density at radius 1 is 1.33 bits per heavy atom. The molecule has 21 heavy (non-hydrogen) atoms. The van der Waals surface area contributed by atoms with E-state index in [-0.39, 0.29) is 0 Å². The Bertz CT molecular complexity index is 329. The first-order chi connectivity index (χ1) is 9.90. The molecule has 0 aromatic carbocycles. The van der Waals surface area contributed by atoms with Crippen molar-refractivity contribution in [1.29, 1.82) is 0 Å². The lowest BCUT2D eigenvalue weighted by Crippen LogP contribution is -2.52. The van der Waals surface area contributed by atoms with Crippen LogP contribution >= 0.6 is 0 Å². The van der Waals surface area contributed by atoms with Crippen LogP contribution in [-0.4, -0.2) is 46.7 Å². The van der Waals surface area contributed by atoms with Gasteiger partial charge in [-0.1, -0.05) is 34.6 Å². The van der Waals surface area contributed by atoms with Crippen molar-refractivity contribution >= 4 is 5.97 Å². The first kappa shape index (κ1) is 18.4. The van der Waals surface area contributed by atoms with Crippen molar-refractivity contribution in [2.45, 2.75) is 84.3 Å². The molecule has 1 fully saturated rings. The van der Waals surface area contributed by atoms with Gasteiger partial charge in [-0.2, -0.15) is 0 Å². The average Bonchev–Trinajstić information content (AvgIpc) is 2.84. The molecule has 4 nitrogen and oxygen atoms in total.